The van der Waals surface area contributed by atoms with E-state index in [0.717, 1.165) is 0 Å². The van der Waals surface area contributed by atoms with Gasteiger partial charge >= 0.3 is 5.97 Å². The highest BCUT2D eigenvalue weighted by molar-refractivity contribution is 9.10. The summed E-state index contributed by atoms with van der Waals surface area (Å²) in [4.78, 5) is 18.9. The standard InChI is InChI=1S/C12H8BrFN2O3/c1-18-12(17)11-15-5-4-10(16-11)19-9-3-2-7(14)6-8(9)13/h2-6H,1H3. The second-order valence-corrected chi connectivity index (χ2v) is 4.24. The molecule has 0 spiro atoms. The minimum absolute atomic E-state index is 0.113. The van der Waals surface area contributed by atoms with Crippen molar-refractivity contribution in [1.29, 1.82) is 0 Å². The molecule has 0 aliphatic rings. The number of rotatable bonds is 3. The van der Waals surface area contributed by atoms with Gasteiger partial charge < -0.3 is 9.47 Å². The fourth-order valence-corrected chi connectivity index (χ4v) is 1.69. The van der Waals surface area contributed by atoms with Gasteiger partial charge in [0.2, 0.25) is 11.7 Å². The van der Waals surface area contributed by atoms with Crippen LogP contribution < -0.4 is 4.74 Å². The largest absolute Gasteiger partial charge is 0.463 e. The smallest absolute Gasteiger partial charge is 0.376 e. The molecule has 0 fully saturated rings. The molecule has 2 aromatic rings. The summed E-state index contributed by atoms with van der Waals surface area (Å²) < 4.78 is 23.3. The van der Waals surface area contributed by atoms with Crippen molar-refractivity contribution in [2.24, 2.45) is 0 Å². The fourth-order valence-electron chi connectivity index (χ4n) is 1.26. The lowest BCUT2D eigenvalue weighted by Gasteiger charge is -2.07. The third-order valence-electron chi connectivity index (χ3n) is 2.11. The number of nitrogens with zero attached hydrogens (tertiary/aromatic N) is 2. The van der Waals surface area contributed by atoms with Gasteiger partial charge in [0.15, 0.2) is 0 Å². The SMILES string of the molecule is COC(=O)c1nccc(Oc2ccc(F)cc2Br)n1. The minimum Gasteiger partial charge on any atom is -0.463 e. The number of hydrogen-bond donors (Lipinski definition) is 0. The summed E-state index contributed by atoms with van der Waals surface area (Å²) in [5, 5.41) is 0. The summed E-state index contributed by atoms with van der Waals surface area (Å²) in [6.07, 6.45) is 1.37. The molecule has 0 unspecified atom stereocenters. The average Bonchev–Trinajstić information content (AvgIpc) is 2.41. The second-order valence-electron chi connectivity index (χ2n) is 3.39. The van der Waals surface area contributed by atoms with Crippen molar-refractivity contribution in [3.8, 4) is 11.6 Å². The lowest BCUT2D eigenvalue weighted by atomic mass is 10.3. The predicted octanol–water partition coefficient (Wildman–Crippen LogP) is 2.96. The lowest BCUT2D eigenvalue weighted by Crippen LogP contribution is -2.07. The maximum absolute atomic E-state index is 12.9. The van der Waals surface area contributed by atoms with Crippen molar-refractivity contribution in [1.82, 2.24) is 9.97 Å². The first kappa shape index (κ1) is 13.4. The van der Waals surface area contributed by atoms with Crippen LogP contribution in [-0.2, 0) is 4.74 Å². The molecule has 2 rings (SSSR count). The molecule has 1 aromatic heterocycles. The van der Waals surface area contributed by atoms with Gasteiger partial charge in [-0.05, 0) is 34.1 Å². The zero-order valence-electron chi connectivity index (χ0n) is 9.76. The summed E-state index contributed by atoms with van der Waals surface area (Å²) in [5.74, 6) is -0.641. The summed E-state index contributed by atoms with van der Waals surface area (Å²) in [6.45, 7) is 0. The zero-order chi connectivity index (χ0) is 13.8. The first-order valence-corrected chi connectivity index (χ1v) is 5.93. The molecular formula is C12H8BrFN2O3. The molecule has 0 bridgehead atoms. The third kappa shape index (κ3) is 3.25. The molecule has 5 nitrogen and oxygen atoms in total. The van der Waals surface area contributed by atoms with Gasteiger partial charge in [-0.15, -0.1) is 0 Å². The highest BCUT2D eigenvalue weighted by Crippen LogP contribution is 2.29. The molecular weight excluding hydrogens is 319 g/mol. The summed E-state index contributed by atoms with van der Waals surface area (Å²) >= 11 is 3.17. The van der Waals surface area contributed by atoms with Crippen LogP contribution in [0.25, 0.3) is 0 Å². The van der Waals surface area contributed by atoms with E-state index >= 15 is 0 Å². The van der Waals surface area contributed by atoms with Crippen molar-refractivity contribution in [2.45, 2.75) is 0 Å². The van der Waals surface area contributed by atoms with Crippen molar-refractivity contribution in [3.63, 3.8) is 0 Å². The monoisotopic (exact) mass is 326 g/mol. The van der Waals surface area contributed by atoms with E-state index in [-0.39, 0.29) is 11.7 Å². The Morgan fingerprint density at radius 1 is 1.37 bits per heavy atom. The zero-order valence-corrected chi connectivity index (χ0v) is 11.3. The van der Waals surface area contributed by atoms with Crippen LogP contribution in [0.1, 0.15) is 10.6 Å². The van der Waals surface area contributed by atoms with Crippen LogP contribution in [0.5, 0.6) is 11.6 Å². The Morgan fingerprint density at radius 3 is 2.84 bits per heavy atom. The lowest BCUT2D eigenvalue weighted by molar-refractivity contribution is 0.0585. The van der Waals surface area contributed by atoms with Gasteiger partial charge in [0.1, 0.15) is 11.6 Å². The van der Waals surface area contributed by atoms with Crippen LogP contribution in [0.4, 0.5) is 4.39 Å². The van der Waals surface area contributed by atoms with Gasteiger partial charge in [0, 0.05) is 12.3 Å². The first-order chi connectivity index (χ1) is 9.10. The Bertz CT molecular complexity index is 622. The maximum Gasteiger partial charge on any atom is 0.376 e. The van der Waals surface area contributed by atoms with Gasteiger partial charge in [-0.1, -0.05) is 0 Å². The Balaban J connectivity index is 2.26. The Labute approximate surface area is 116 Å². The molecule has 7 heteroatoms. The van der Waals surface area contributed by atoms with Crippen LogP contribution >= 0.6 is 15.9 Å². The molecule has 0 saturated heterocycles. The number of hydrogen-bond acceptors (Lipinski definition) is 5. The van der Waals surface area contributed by atoms with Crippen LogP contribution in [0.15, 0.2) is 34.9 Å². The fraction of sp³-hybridized carbons (Fsp3) is 0.0833. The maximum atomic E-state index is 12.9. The number of halogens is 2. The molecule has 98 valence electrons. The van der Waals surface area contributed by atoms with Gasteiger partial charge in [0.05, 0.1) is 11.6 Å². The Hall–Kier alpha value is -2.02. The summed E-state index contributed by atoms with van der Waals surface area (Å²) in [5.41, 5.74) is 0. The number of ether oxygens (including phenoxy) is 2. The number of benzene rings is 1. The van der Waals surface area contributed by atoms with Crippen molar-refractivity contribution >= 4 is 21.9 Å². The average molecular weight is 327 g/mol. The predicted molar refractivity (Wildman–Crippen MR) is 67.5 cm³/mol. The van der Waals surface area contributed by atoms with Gasteiger partial charge in [0.25, 0.3) is 0 Å². The second kappa shape index (κ2) is 5.75. The van der Waals surface area contributed by atoms with E-state index in [0.29, 0.717) is 10.2 Å². The van der Waals surface area contributed by atoms with Crippen molar-refractivity contribution in [3.05, 3.63) is 46.6 Å². The number of aromatic nitrogens is 2. The summed E-state index contributed by atoms with van der Waals surface area (Å²) in [6, 6.07) is 5.43. The van der Waals surface area contributed by atoms with Gasteiger partial charge in [-0.2, -0.15) is 4.98 Å². The van der Waals surface area contributed by atoms with Crippen molar-refractivity contribution < 1.29 is 18.7 Å². The van der Waals surface area contributed by atoms with E-state index in [1.54, 1.807) is 0 Å². The summed E-state index contributed by atoms with van der Waals surface area (Å²) in [7, 11) is 1.23. The normalized spacial score (nSPS) is 10.1. The molecule has 0 aliphatic carbocycles. The van der Waals surface area contributed by atoms with E-state index in [2.05, 4.69) is 30.6 Å². The van der Waals surface area contributed by atoms with Crippen LogP contribution in [0.2, 0.25) is 0 Å². The molecule has 1 aromatic carbocycles. The number of esters is 1. The Kier molecular flexibility index (Phi) is 4.06. The van der Waals surface area contributed by atoms with E-state index in [4.69, 9.17) is 4.74 Å². The molecule has 0 radical (unpaired) electrons. The highest BCUT2D eigenvalue weighted by atomic mass is 79.9. The van der Waals surface area contributed by atoms with E-state index in [9.17, 15) is 9.18 Å². The quantitative estimate of drug-likeness (QED) is 0.811. The van der Waals surface area contributed by atoms with Crippen molar-refractivity contribution in [2.75, 3.05) is 7.11 Å². The van der Waals surface area contributed by atoms with Crippen LogP contribution in [-0.4, -0.2) is 23.0 Å². The van der Waals surface area contributed by atoms with Gasteiger partial charge in [-0.25, -0.2) is 14.2 Å². The van der Waals surface area contributed by atoms with Crippen LogP contribution in [0.3, 0.4) is 0 Å². The Morgan fingerprint density at radius 2 is 2.16 bits per heavy atom. The highest BCUT2D eigenvalue weighted by Gasteiger charge is 2.11. The number of methoxy groups -OCH3 is 1. The molecule has 0 aliphatic heterocycles. The molecule has 0 saturated carbocycles. The molecule has 1 heterocycles. The molecule has 0 N–H and O–H groups in total. The first-order valence-electron chi connectivity index (χ1n) is 5.14. The van der Waals surface area contributed by atoms with Gasteiger partial charge in [-0.3, -0.25) is 0 Å². The van der Waals surface area contributed by atoms with Crippen LogP contribution in [0, 0.1) is 5.82 Å². The molecule has 0 atom stereocenters. The molecule has 0 amide bonds. The number of carbonyl (C=O) groups is 1. The number of carbonyl (C=O) groups excluding carboxylic acids is 1. The van der Waals surface area contributed by atoms with E-state index < -0.39 is 11.8 Å². The topological polar surface area (TPSA) is 61.3 Å². The molecule has 19 heavy (non-hydrogen) atoms. The minimum atomic E-state index is -0.663. The third-order valence-corrected chi connectivity index (χ3v) is 2.73. The van der Waals surface area contributed by atoms with E-state index in [1.807, 2.05) is 0 Å². The van der Waals surface area contributed by atoms with E-state index in [1.165, 1.54) is 37.6 Å².